The largest absolute Gasteiger partial charge is 0.494 e. The lowest BCUT2D eigenvalue weighted by Gasteiger charge is -2.37. The molecule has 0 aliphatic carbocycles. The van der Waals surface area contributed by atoms with Gasteiger partial charge in [0.05, 0.1) is 13.2 Å². The molecule has 0 spiro atoms. The van der Waals surface area contributed by atoms with Crippen molar-refractivity contribution < 1.29 is 9.53 Å². The molecular formula is C21H32N2O2. The zero-order valence-electron chi connectivity index (χ0n) is 15.7. The molecule has 0 bridgehead atoms. The van der Waals surface area contributed by atoms with Crippen LogP contribution in [0.4, 0.5) is 0 Å². The maximum absolute atomic E-state index is 12.9. The predicted molar refractivity (Wildman–Crippen MR) is 101 cm³/mol. The Labute approximate surface area is 152 Å². The van der Waals surface area contributed by atoms with E-state index in [1.807, 2.05) is 6.92 Å². The maximum Gasteiger partial charge on any atom is 0.237 e. The molecule has 2 fully saturated rings. The van der Waals surface area contributed by atoms with Crippen LogP contribution in [0.25, 0.3) is 0 Å². The Bertz CT molecular complexity index is 558. The molecule has 25 heavy (non-hydrogen) atoms. The molecule has 2 heterocycles. The van der Waals surface area contributed by atoms with Gasteiger partial charge >= 0.3 is 0 Å². The van der Waals surface area contributed by atoms with Crippen LogP contribution in [0.2, 0.25) is 0 Å². The summed E-state index contributed by atoms with van der Waals surface area (Å²) < 4.78 is 5.54. The first kappa shape index (κ1) is 18.2. The number of rotatable bonds is 6. The van der Waals surface area contributed by atoms with E-state index in [4.69, 9.17) is 4.74 Å². The van der Waals surface area contributed by atoms with Crippen molar-refractivity contribution in [2.24, 2.45) is 0 Å². The summed E-state index contributed by atoms with van der Waals surface area (Å²) in [4.78, 5) is 17.4. The van der Waals surface area contributed by atoms with Crippen LogP contribution in [0.3, 0.4) is 0 Å². The van der Waals surface area contributed by atoms with Crippen LogP contribution in [-0.2, 0) is 4.79 Å². The van der Waals surface area contributed by atoms with Crippen molar-refractivity contribution in [1.29, 1.82) is 0 Å². The van der Waals surface area contributed by atoms with Crippen LogP contribution in [-0.4, -0.2) is 48.0 Å². The number of nitrogens with zero attached hydrogens (tertiary/aromatic N) is 2. The van der Waals surface area contributed by atoms with Gasteiger partial charge in [0.25, 0.3) is 0 Å². The average molecular weight is 344 g/mol. The summed E-state index contributed by atoms with van der Waals surface area (Å²) in [5, 5.41) is 0. The normalized spacial score (nSPS) is 24.5. The summed E-state index contributed by atoms with van der Waals surface area (Å²) in [5.41, 5.74) is 1.31. The summed E-state index contributed by atoms with van der Waals surface area (Å²) in [5.74, 6) is 1.25. The summed E-state index contributed by atoms with van der Waals surface area (Å²) in [6, 6.07) is 9.24. The third-order valence-electron chi connectivity index (χ3n) is 5.70. The Hall–Kier alpha value is -1.55. The Morgan fingerprint density at radius 2 is 1.88 bits per heavy atom. The quantitative estimate of drug-likeness (QED) is 0.781. The SMILES string of the molecule is CCOc1ccc([C@H]2CCCN2CC(=O)N2CCCC[C@@H]2CC)cc1. The summed E-state index contributed by atoms with van der Waals surface area (Å²) in [6.07, 6.45) is 6.98. The van der Waals surface area contributed by atoms with E-state index in [0.717, 1.165) is 38.1 Å². The van der Waals surface area contributed by atoms with Gasteiger partial charge in [0, 0.05) is 18.6 Å². The first-order valence-electron chi connectivity index (χ1n) is 9.99. The monoisotopic (exact) mass is 344 g/mol. The van der Waals surface area contributed by atoms with E-state index in [2.05, 4.69) is 41.0 Å². The van der Waals surface area contributed by atoms with Crippen molar-refractivity contribution in [1.82, 2.24) is 9.80 Å². The molecule has 2 aliphatic heterocycles. The Kier molecular flexibility index (Phi) is 6.35. The molecule has 2 atom stereocenters. The van der Waals surface area contributed by atoms with Crippen LogP contribution in [0.5, 0.6) is 5.75 Å². The topological polar surface area (TPSA) is 32.8 Å². The molecule has 1 aromatic rings. The molecule has 0 saturated carbocycles. The third kappa shape index (κ3) is 4.35. The Morgan fingerprint density at radius 1 is 1.08 bits per heavy atom. The van der Waals surface area contributed by atoms with Crippen LogP contribution < -0.4 is 4.74 Å². The van der Waals surface area contributed by atoms with E-state index in [0.29, 0.717) is 31.1 Å². The number of likely N-dealkylation sites (tertiary alicyclic amines) is 2. The minimum absolute atomic E-state index is 0.324. The van der Waals surface area contributed by atoms with Crippen molar-refractivity contribution in [2.75, 3.05) is 26.2 Å². The van der Waals surface area contributed by atoms with E-state index in [9.17, 15) is 4.79 Å². The molecule has 0 N–H and O–H groups in total. The summed E-state index contributed by atoms with van der Waals surface area (Å²) in [7, 11) is 0. The number of carbonyl (C=O) groups is 1. The third-order valence-corrected chi connectivity index (χ3v) is 5.70. The Balaban J connectivity index is 1.64. The number of benzene rings is 1. The van der Waals surface area contributed by atoms with E-state index in [1.165, 1.54) is 24.8 Å². The highest BCUT2D eigenvalue weighted by atomic mass is 16.5. The van der Waals surface area contributed by atoms with Gasteiger partial charge < -0.3 is 9.64 Å². The van der Waals surface area contributed by atoms with Crippen molar-refractivity contribution in [3.05, 3.63) is 29.8 Å². The molecule has 2 saturated heterocycles. The molecule has 1 aromatic carbocycles. The van der Waals surface area contributed by atoms with Crippen LogP contribution in [0, 0.1) is 0 Å². The minimum atomic E-state index is 0.324. The second-order valence-corrected chi connectivity index (χ2v) is 7.28. The number of carbonyl (C=O) groups excluding carboxylic acids is 1. The molecule has 2 aliphatic rings. The molecular weight excluding hydrogens is 312 g/mol. The maximum atomic E-state index is 12.9. The highest BCUT2D eigenvalue weighted by molar-refractivity contribution is 5.78. The zero-order chi connectivity index (χ0) is 17.6. The van der Waals surface area contributed by atoms with Gasteiger partial charge in [0.2, 0.25) is 5.91 Å². The molecule has 4 heteroatoms. The molecule has 4 nitrogen and oxygen atoms in total. The van der Waals surface area contributed by atoms with Gasteiger partial charge in [0.1, 0.15) is 5.75 Å². The minimum Gasteiger partial charge on any atom is -0.494 e. The number of piperidine rings is 1. The fourth-order valence-corrected chi connectivity index (χ4v) is 4.36. The molecule has 0 radical (unpaired) electrons. The molecule has 3 rings (SSSR count). The number of hydrogen-bond acceptors (Lipinski definition) is 3. The number of ether oxygens (including phenoxy) is 1. The van der Waals surface area contributed by atoms with Crippen LogP contribution in [0.1, 0.15) is 64.0 Å². The highest BCUT2D eigenvalue weighted by Crippen LogP contribution is 2.33. The van der Waals surface area contributed by atoms with E-state index in [-0.39, 0.29) is 0 Å². The van der Waals surface area contributed by atoms with Crippen molar-refractivity contribution in [2.45, 2.75) is 64.5 Å². The molecule has 138 valence electrons. The van der Waals surface area contributed by atoms with Gasteiger partial charge in [-0.05, 0) is 69.7 Å². The fraction of sp³-hybridized carbons (Fsp3) is 0.667. The lowest BCUT2D eigenvalue weighted by atomic mass is 10.00. The standard InChI is InChI=1S/C21H32N2O2/c1-3-18-8-5-6-15-23(18)21(24)16-22-14-7-9-20(22)17-10-12-19(13-11-17)25-4-2/h10-13,18,20H,3-9,14-16H2,1-2H3/t18-,20+/m0/s1. The van der Waals surface area contributed by atoms with Crippen LogP contribution in [0.15, 0.2) is 24.3 Å². The molecule has 0 unspecified atom stereocenters. The van der Waals surface area contributed by atoms with Crippen molar-refractivity contribution in [3.63, 3.8) is 0 Å². The van der Waals surface area contributed by atoms with Gasteiger partial charge in [-0.15, -0.1) is 0 Å². The first-order chi connectivity index (χ1) is 12.2. The highest BCUT2D eigenvalue weighted by Gasteiger charge is 2.31. The lowest BCUT2D eigenvalue weighted by Crippen LogP contribution is -2.47. The van der Waals surface area contributed by atoms with Gasteiger partial charge in [0.15, 0.2) is 0 Å². The first-order valence-corrected chi connectivity index (χ1v) is 9.99. The van der Waals surface area contributed by atoms with Gasteiger partial charge in [-0.3, -0.25) is 9.69 Å². The van der Waals surface area contributed by atoms with E-state index < -0.39 is 0 Å². The summed E-state index contributed by atoms with van der Waals surface area (Å²) >= 11 is 0. The molecule has 0 aromatic heterocycles. The van der Waals surface area contributed by atoms with Crippen molar-refractivity contribution >= 4 is 5.91 Å². The van der Waals surface area contributed by atoms with Gasteiger partial charge in [-0.25, -0.2) is 0 Å². The van der Waals surface area contributed by atoms with E-state index in [1.54, 1.807) is 0 Å². The predicted octanol–water partition coefficient (Wildman–Crippen LogP) is 4.01. The zero-order valence-corrected chi connectivity index (χ0v) is 15.7. The fourth-order valence-electron chi connectivity index (χ4n) is 4.36. The Morgan fingerprint density at radius 3 is 2.60 bits per heavy atom. The average Bonchev–Trinajstić information content (AvgIpc) is 3.10. The second kappa shape index (κ2) is 8.70. The summed E-state index contributed by atoms with van der Waals surface area (Å²) in [6.45, 7) is 7.43. The van der Waals surface area contributed by atoms with Crippen molar-refractivity contribution in [3.8, 4) is 5.75 Å². The van der Waals surface area contributed by atoms with Crippen LogP contribution >= 0.6 is 0 Å². The van der Waals surface area contributed by atoms with Gasteiger partial charge in [-0.2, -0.15) is 0 Å². The smallest absolute Gasteiger partial charge is 0.237 e. The van der Waals surface area contributed by atoms with E-state index >= 15 is 0 Å². The second-order valence-electron chi connectivity index (χ2n) is 7.28. The number of hydrogen-bond donors (Lipinski definition) is 0. The van der Waals surface area contributed by atoms with Gasteiger partial charge in [-0.1, -0.05) is 19.1 Å². The lowest BCUT2D eigenvalue weighted by molar-refractivity contribution is -0.136. The number of amides is 1. The molecule has 1 amide bonds.